The Morgan fingerprint density at radius 1 is 1.00 bits per heavy atom. The van der Waals surface area contributed by atoms with Gasteiger partial charge in [0.1, 0.15) is 18.4 Å². The van der Waals surface area contributed by atoms with E-state index in [0.29, 0.717) is 23.0 Å². The molecule has 0 bridgehead atoms. The van der Waals surface area contributed by atoms with E-state index in [-0.39, 0.29) is 18.9 Å². The molecular weight excluding hydrogens is 486 g/mol. The van der Waals surface area contributed by atoms with Gasteiger partial charge in [0.05, 0.1) is 0 Å². The molecule has 1 aliphatic heterocycles. The van der Waals surface area contributed by atoms with Crippen molar-refractivity contribution in [2.45, 2.75) is 38.6 Å². The van der Waals surface area contributed by atoms with Gasteiger partial charge in [-0.05, 0) is 41.1 Å². The maximum atomic E-state index is 13.9. The minimum absolute atomic E-state index is 0.155. The standard InChI is InChI=1S/C30H27NO5S/c1-20-14-15-23-18-31(29(32)28(22-11-6-3-7-12-22)36-26-13-8-16-37-26)25(30(33)34)17-24(23)27(20)35-19-21-9-4-2-5-10-21/h2-16,25,28H,17-19H2,1H3,(H,33,34)/t25-,28+/m0/s1. The first-order chi connectivity index (χ1) is 18.0. The fourth-order valence-corrected chi connectivity index (χ4v) is 5.22. The van der Waals surface area contributed by atoms with Gasteiger partial charge in [0, 0.05) is 24.1 Å². The number of amides is 1. The van der Waals surface area contributed by atoms with E-state index in [9.17, 15) is 14.7 Å². The van der Waals surface area contributed by atoms with Gasteiger partial charge in [-0.1, -0.05) is 72.8 Å². The molecule has 2 atom stereocenters. The molecule has 0 spiro atoms. The maximum absolute atomic E-state index is 13.9. The van der Waals surface area contributed by atoms with E-state index in [4.69, 9.17) is 9.47 Å². The average molecular weight is 514 g/mol. The van der Waals surface area contributed by atoms with Crippen molar-refractivity contribution >= 4 is 23.2 Å². The lowest BCUT2D eigenvalue weighted by Gasteiger charge is -2.37. The van der Waals surface area contributed by atoms with E-state index < -0.39 is 18.1 Å². The minimum atomic E-state index is -1.06. The Bertz CT molecular complexity index is 1370. The van der Waals surface area contributed by atoms with E-state index in [1.807, 2.05) is 91.2 Å². The third-order valence-corrected chi connectivity index (χ3v) is 7.28. The second kappa shape index (κ2) is 10.9. The minimum Gasteiger partial charge on any atom is -0.488 e. The van der Waals surface area contributed by atoms with Gasteiger partial charge in [0.2, 0.25) is 6.10 Å². The first-order valence-electron chi connectivity index (χ1n) is 12.1. The summed E-state index contributed by atoms with van der Waals surface area (Å²) in [4.78, 5) is 27.8. The number of thiophene rings is 1. The topological polar surface area (TPSA) is 76.1 Å². The number of aryl methyl sites for hydroxylation is 1. The predicted molar refractivity (Wildman–Crippen MR) is 142 cm³/mol. The van der Waals surface area contributed by atoms with Crippen LogP contribution in [0.3, 0.4) is 0 Å². The van der Waals surface area contributed by atoms with Crippen LogP contribution in [-0.2, 0) is 29.2 Å². The van der Waals surface area contributed by atoms with Crippen LogP contribution in [0.1, 0.15) is 33.9 Å². The second-order valence-electron chi connectivity index (χ2n) is 8.99. The molecule has 6 nitrogen and oxygen atoms in total. The normalized spacial score (nSPS) is 15.5. The van der Waals surface area contributed by atoms with E-state index in [1.54, 1.807) is 6.07 Å². The second-order valence-corrected chi connectivity index (χ2v) is 9.90. The van der Waals surface area contributed by atoms with Crippen LogP contribution in [0.5, 0.6) is 10.8 Å². The summed E-state index contributed by atoms with van der Waals surface area (Å²) in [5, 5.41) is 12.7. The maximum Gasteiger partial charge on any atom is 0.326 e. The largest absolute Gasteiger partial charge is 0.488 e. The lowest BCUT2D eigenvalue weighted by Crippen LogP contribution is -2.51. The molecule has 2 heterocycles. The van der Waals surface area contributed by atoms with Gasteiger partial charge in [-0.2, -0.15) is 0 Å². The van der Waals surface area contributed by atoms with Crippen LogP contribution >= 0.6 is 11.3 Å². The molecule has 37 heavy (non-hydrogen) atoms. The van der Waals surface area contributed by atoms with Crippen LogP contribution < -0.4 is 9.47 Å². The molecule has 1 N–H and O–H groups in total. The number of fused-ring (bicyclic) bond motifs is 1. The van der Waals surface area contributed by atoms with Crippen LogP contribution in [0.15, 0.2) is 90.3 Å². The van der Waals surface area contributed by atoms with Crippen molar-refractivity contribution in [3.05, 3.63) is 118 Å². The van der Waals surface area contributed by atoms with Crippen molar-refractivity contribution in [2.24, 2.45) is 0 Å². The molecule has 1 aromatic heterocycles. The van der Waals surface area contributed by atoms with E-state index in [1.165, 1.54) is 16.2 Å². The average Bonchev–Trinajstić information content (AvgIpc) is 3.44. The highest BCUT2D eigenvalue weighted by Crippen LogP contribution is 2.36. The summed E-state index contributed by atoms with van der Waals surface area (Å²) in [7, 11) is 0. The number of benzene rings is 3. The first kappa shape index (κ1) is 24.6. The summed E-state index contributed by atoms with van der Waals surface area (Å²) in [6, 6.07) is 25.6. The Labute approximate surface area is 219 Å². The predicted octanol–water partition coefficient (Wildman–Crippen LogP) is 5.79. The van der Waals surface area contributed by atoms with Crippen LogP contribution in [-0.4, -0.2) is 27.9 Å². The molecule has 0 radical (unpaired) electrons. The molecule has 1 aliphatic rings. The highest BCUT2D eigenvalue weighted by Gasteiger charge is 2.40. The molecule has 0 aliphatic carbocycles. The van der Waals surface area contributed by atoms with Gasteiger partial charge in [-0.25, -0.2) is 4.79 Å². The van der Waals surface area contributed by atoms with Crippen molar-refractivity contribution in [1.82, 2.24) is 4.90 Å². The summed E-state index contributed by atoms with van der Waals surface area (Å²) < 4.78 is 12.3. The smallest absolute Gasteiger partial charge is 0.326 e. The van der Waals surface area contributed by atoms with Gasteiger partial charge >= 0.3 is 5.97 Å². The lowest BCUT2D eigenvalue weighted by atomic mass is 9.90. The van der Waals surface area contributed by atoms with Crippen LogP contribution in [0.2, 0.25) is 0 Å². The Kier molecular flexibility index (Phi) is 7.23. The number of carbonyl (C=O) groups excluding carboxylic acids is 1. The molecule has 0 saturated carbocycles. The molecule has 3 aromatic carbocycles. The Hall–Kier alpha value is -4.10. The van der Waals surface area contributed by atoms with Gasteiger partial charge in [-0.3, -0.25) is 4.79 Å². The third-order valence-electron chi connectivity index (χ3n) is 6.52. The van der Waals surface area contributed by atoms with Gasteiger partial charge in [-0.15, -0.1) is 11.3 Å². The third kappa shape index (κ3) is 5.37. The molecule has 7 heteroatoms. The lowest BCUT2D eigenvalue weighted by molar-refractivity contribution is -0.155. The first-order valence-corrected chi connectivity index (χ1v) is 13.0. The molecule has 0 unspecified atom stereocenters. The SMILES string of the molecule is Cc1ccc2c(c1OCc1ccccc1)C[C@@H](C(=O)O)N(C(=O)[C@H](Oc1cccs1)c1ccccc1)C2. The van der Waals surface area contributed by atoms with Gasteiger partial charge in [0.15, 0.2) is 5.06 Å². The summed E-state index contributed by atoms with van der Waals surface area (Å²) in [5.41, 5.74) is 4.34. The number of carboxylic acid groups (broad SMARTS) is 1. The molecule has 188 valence electrons. The van der Waals surface area contributed by atoms with Crippen LogP contribution in [0.4, 0.5) is 0 Å². The monoisotopic (exact) mass is 513 g/mol. The quantitative estimate of drug-likeness (QED) is 0.323. The van der Waals surface area contributed by atoms with Gasteiger partial charge in [0.25, 0.3) is 5.91 Å². The summed E-state index contributed by atoms with van der Waals surface area (Å²) in [5.74, 6) is -0.753. The number of nitrogens with zero attached hydrogens (tertiary/aromatic N) is 1. The fourth-order valence-electron chi connectivity index (χ4n) is 4.62. The zero-order chi connectivity index (χ0) is 25.8. The molecular formula is C30H27NO5S. The van der Waals surface area contributed by atoms with E-state index >= 15 is 0 Å². The molecule has 0 saturated heterocycles. The number of ether oxygens (including phenoxy) is 2. The van der Waals surface area contributed by atoms with Crippen molar-refractivity contribution in [2.75, 3.05) is 0 Å². The number of carbonyl (C=O) groups is 2. The van der Waals surface area contributed by atoms with Crippen LogP contribution in [0, 0.1) is 6.92 Å². The number of hydrogen-bond acceptors (Lipinski definition) is 5. The number of carboxylic acids is 1. The number of rotatable bonds is 8. The Morgan fingerprint density at radius 3 is 2.41 bits per heavy atom. The summed E-state index contributed by atoms with van der Waals surface area (Å²) in [6.07, 6.45) is -0.801. The van der Waals surface area contributed by atoms with E-state index in [0.717, 1.165) is 22.3 Å². The van der Waals surface area contributed by atoms with E-state index in [2.05, 4.69) is 0 Å². The fraction of sp³-hybridized carbons (Fsp3) is 0.200. The summed E-state index contributed by atoms with van der Waals surface area (Å²) in [6.45, 7) is 2.49. The molecule has 0 fully saturated rings. The summed E-state index contributed by atoms with van der Waals surface area (Å²) >= 11 is 1.39. The number of aliphatic carboxylic acids is 1. The van der Waals surface area contributed by atoms with Crippen molar-refractivity contribution in [3.63, 3.8) is 0 Å². The molecule has 4 aromatic rings. The van der Waals surface area contributed by atoms with Crippen molar-refractivity contribution in [3.8, 4) is 10.8 Å². The highest BCUT2D eigenvalue weighted by molar-refractivity contribution is 7.11. The van der Waals surface area contributed by atoms with Crippen molar-refractivity contribution < 1.29 is 24.2 Å². The molecule has 1 amide bonds. The Morgan fingerprint density at radius 2 is 1.73 bits per heavy atom. The van der Waals surface area contributed by atoms with Crippen LogP contribution in [0.25, 0.3) is 0 Å². The zero-order valence-electron chi connectivity index (χ0n) is 20.4. The zero-order valence-corrected chi connectivity index (χ0v) is 21.2. The Balaban J connectivity index is 1.46. The van der Waals surface area contributed by atoms with Gasteiger partial charge < -0.3 is 19.5 Å². The number of hydrogen-bond donors (Lipinski definition) is 1. The molecule has 5 rings (SSSR count). The highest BCUT2D eigenvalue weighted by atomic mass is 32.1. The van der Waals surface area contributed by atoms with Crippen molar-refractivity contribution in [1.29, 1.82) is 0 Å².